The van der Waals surface area contributed by atoms with E-state index in [1.54, 1.807) is 0 Å². The molecule has 1 aromatic carbocycles. The number of anilines is 3. The monoisotopic (exact) mass is 366 g/mol. The van der Waals surface area contributed by atoms with Gasteiger partial charge in [0.15, 0.2) is 23.9 Å². The highest BCUT2D eigenvalue weighted by Gasteiger charge is 2.13. The average Bonchev–Trinajstić information content (AvgIpc) is 3.06. The van der Waals surface area contributed by atoms with Gasteiger partial charge in [0.05, 0.1) is 0 Å². The van der Waals surface area contributed by atoms with E-state index in [0.717, 1.165) is 16.6 Å². The number of fused-ring (bicyclic) bond motifs is 1. The van der Waals surface area contributed by atoms with Crippen LogP contribution < -0.4 is 15.2 Å². The second kappa shape index (κ2) is 6.97. The molecule has 0 bridgehead atoms. The molecule has 3 aromatic heterocycles. The Morgan fingerprint density at radius 2 is 1.96 bits per heavy atom. The minimum absolute atomic E-state index is 0.645. The van der Waals surface area contributed by atoms with Crippen molar-refractivity contribution in [1.82, 2.24) is 20.2 Å². The van der Waals surface area contributed by atoms with Gasteiger partial charge in [0.2, 0.25) is 0 Å². The van der Waals surface area contributed by atoms with Crippen LogP contribution in [0.2, 0.25) is 5.02 Å². The number of nitrogens with zero attached hydrogens (tertiary/aromatic N) is 4. The lowest BCUT2D eigenvalue weighted by Gasteiger charge is -2.08. The van der Waals surface area contributed by atoms with Crippen LogP contribution in [0.1, 0.15) is 5.56 Å². The maximum Gasteiger partial charge on any atom is 0.168 e. The Balaban J connectivity index is 1.62. The fourth-order valence-electron chi connectivity index (χ4n) is 2.62. The molecule has 0 spiro atoms. The van der Waals surface area contributed by atoms with Crippen LogP contribution in [0.15, 0.2) is 55.1 Å². The van der Waals surface area contributed by atoms with Crippen LogP contribution in [0.25, 0.3) is 11.0 Å². The number of pyridine rings is 1. The Hall–Kier alpha value is -3.19. The van der Waals surface area contributed by atoms with E-state index in [4.69, 9.17) is 11.6 Å². The van der Waals surface area contributed by atoms with Gasteiger partial charge in [-0.15, -0.1) is 0 Å². The van der Waals surface area contributed by atoms with Gasteiger partial charge < -0.3 is 10.6 Å². The van der Waals surface area contributed by atoms with Crippen molar-refractivity contribution in [2.24, 2.45) is 7.05 Å². The van der Waals surface area contributed by atoms with Gasteiger partial charge in [-0.2, -0.15) is 5.10 Å². The summed E-state index contributed by atoms with van der Waals surface area (Å²) in [6, 6.07) is 11.6. The van der Waals surface area contributed by atoms with Gasteiger partial charge in [0, 0.05) is 29.4 Å². The number of hydrogen-bond acceptors (Lipinski definition) is 5. The largest absolute Gasteiger partial charge is 0.364 e. The third-order valence-electron chi connectivity index (χ3n) is 3.95. The normalized spacial score (nSPS) is 10.8. The number of H-pyrrole nitrogens is 1. The molecule has 7 nitrogen and oxygen atoms in total. The molecule has 0 radical (unpaired) electrons. The molecule has 130 valence electrons. The van der Waals surface area contributed by atoms with Gasteiger partial charge in [0.25, 0.3) is 0 Å². The first-order valence-electron chi connectivity index (χ1n) is 8.09. The molecule has 0 aliphatic heterocycles. The lowest BCUT2D eigenvalue weighted by Crippen LogP contribution is -2.26. The SMILES string of the molecule is C[n+]1ccc(CNc2n[nH]c3ncnc(Nc4cccc(Cl)c4)c23)cc1. The van der Waals surface area contributed by atoms with Crippen LogP contribution in [0.5, 0.6) is 0 Å². The second-order valence-corrected chi connectivity index (χ2v) is 6.32. The van der Waals surface area contributed by atoms with Crippen molar-refractivity contribution in [2.45, 2.75) is 6.54 Å². The zero-order valence-electron chi connectivity index (χ0n) is 14.1. The molecule has 0 aliphatic rings. The molecule has 0 atom stereocenters. The Labute approximate surface area is 155 Å². The summed E-state index contributed by atoms with van der Waals surface area (Å²) in [5, 5.41) is 15.4. The lowest BCUT2D eigenvalue weighted by atomic mass is 10.2. The van der Waals surface area contributed by atoms with E-state index in [0.29, 0.717) is 28.9 Å². The molecule has 0 unspecified atom stereocenters. The number of aryl methyl sites for hydroxylation is 1. The molecular formula is C18H17ClN7+. The van der Waals surface area contributed by atoms with Gasteiger partial charge in [-0.05, 0) is 23.8 Å². The van der Waals surface area contributed by atoms with Crippen molar-refractivity contribution in [3.05, 3.63) is 65.7 Å². The van der Waals surface area contributed by atoms with E-state index < -0.39 is 0 Å². The maximum atomic E-state index is 6.06. The fourth-order valence-corrected chi connectivity index (χ4v) is 2.81. The predicted molar refractivity (Wildman–Crippen MR) is 101 cm³/mol. The number of rotatable bonds is 5. The Kier molecular flexibility index (Phi) is 4.37. The van der Waals surface area contributed by atoms with Gasteiger partial charge in [0.1, 0.15) is 24.6 Å². The fraction of sp³-hybridized carbons (Fsp3) is 0.111. The number of aromatic amines is 1. The molecule has 0 amide bonds. The Bertz CT molecular complexity index is 1040. The smallest absolute Gasteiger partial charge is 0.168 e. The molecule has 3 N–H and O–H groups in total. The molecule has 0 fully saturated rings. The number of nitrogens with one attached hydrogen (secondary N) is 3. The molecule has 4 aromatic rings. The summed E-state index contributed by atoms with van der Waals surface area (Å²) in [6.45, 7) is 0.645. The minimum Gasteiger partial charge on any atom is -0.364 e. The zero-order valence-corrected chi connectivity index (χ0v) is 14.8. The Morgan fingerprint density at radius 3 is 2.77 bits per heavy atom. The van der Waals surface area contributed by atoms with E-state index in [1.165, 1.54) is 6.33 Å². The summed E-state index contributed by atoms with van der Waals surface area (Å²) in [5.41, 5.74) is 2.66. The van der Waals surface area contributed by atoms with Crippen molar-refractivity contribution < 1.29 is 4.57 Å². The molecule has 0 aliphatic carbocycles. The van der Waals surface area contributed by atoms with Crippen molar-refractivity contribution in [1.29, 1.82) is 0 Å². The van der Waals surface area contributed by atoms with Crippen molar-refractivity contribution in [2.75, 3.05) is 10.6 Å². The minimum atomic E-state index is 0.645. The third-order valence-corrected chi connectivity index (χ3v) is 4.19. The first-order valence-corrected chi connectivity index (χ1v) is 8.46. The van der Waals surface area contributed by atoms with Crippen molar-refractivity contribution in [3.63, 3.8) is 0 Å². The molecule has 4 rings (SSSR count). The zero-order chi connectivity index (χ0) is 17.9. The van der Waals surface area contributed by atoms with Crippen LogP contribution in [0.4, 0.5) is 17.3 Å². The first kappa shape index (κ1) is 16.3. The summed E-state index contributed by atoms with van der Waals surface area (Å²) in [5.74, 6) is 1.35. The highest BCUT2D eigenvalue weighted by atomic mass is 35.5. The third kappa shape index (κ3) is 3.43. The quantitative estimate of drug-likeness (QED) is 0.472. The molecule has 8 heteroatoms. The number of benzene rings is 1. The summed E-state index contributed by atoms with van der Waals surface area (Å²) >= 11 is 6.06. The van der Waals surface area contributed by atoms with Gasteiger partial charge >= 0.3 is 0 Å². The molecule has 0 saturated heterocycles. The van der Waals surface area contributed by atoms with Crippen LogP contribution in [0, 0.1) is 0 Å². The predicted octanol–water partition coefficient (Wildman–Crippen LogP) is 3.19. The van der Waals surface area contributed by atoms with Crippen LogP contribution in [-0.2, 0) is 13.6 Å². The van der Waals surface area contributed by atoms with Gasteiger partial charge in [-0.3, -0.25) is 5.10 Å². The van der Waals surface area contributed by atoms with Gasteiger partial charge in [-0.25, -0.2) is 14.5 Å². The summed E-state index contributed by atoms with van der Waals surface area (Å²) in [7, 11) is 1.99. The van der Waals surface area contributed by atoms with Crippen LogP contribution >= 0.6 is 11.6 Å². The highest BCUT2D eigenvalue weighted by molar-refractivity contribution is 6.30. The topological polar surface area (TPSA) is 82.4 Å². The van der Waals surface area contributed by atoms with Crippen LogP contribution in [0.3, 0.4) is 0 Å². The average molecular weight is 367 g/mol. The van der Waals surface area contributed by atoms with Gasteiger partial charge in [-0.1, -0.05) is 17.7 Å². The lowest BCUT2D eigenvalue weighted by molar-refractivity contribution is -0.671. The number of aromatic nitrogens is 5. The van der Waals surface area contributed by atoms with Crippen molar-refractivity contribution in [3.8, 4) is 0 Å². The number of halogens is 1. The van der Waals surface area contributed by atoms with E-state index >= 15 is 0 Å². The van der Waals surface area contributed by atoms with E-state index in [1.807, 2.05) is 48.3 Å². The Morgan fingerprint density at radius 1 is 1.12 bits per heavy atom. The molecule has 0 saturated carbocycles. The standard InChI is InChI=1S/C18H17ClN7/c1-26-7-5-12(6-8-26)10-20-17-15-16(21-11-22-18(15)25-24-17)23-14-4-2-3-13(19)9-14/h2-9,11H,10H2,1H3,(H3,20,21,22,23,24,25)/q+1. The summed E-state index contributed by atoms with van der Waals surface area (Å²) in [6.07, 6.45) is 5.51. The van der Waals surface area contributed by atoms with Crippen LogP contribution in [-0.4, -0.2) is 20.2 Å². The van der Waals surface area contributed by atoms with E-state index in [-0.39, 0.29) is 0 Å². The first-order chi connectivity index (χ1) is 12.7. The summed E-state index contributed by atoms with van der Waals surface area (Å²) < 4.78 is 1.99. The maximum absolute atomic E-state index is 6.06. The molecule has 26 heavy (non-hydrogen) atoms. The van der Waals surface area contributed by atoms with E-state index in [9.17, 15) is 0 Å². The molecule has 3 heterocycles. The second-order valence-electron chi connectivity index (χ2n) is 5.88. The van der Waals surface area contributed by atoms with E-state index in [2.05, 4.69) is 42.9 Å². The molecular weight excluding hydrogens is 350 g/mol. The van der Waals surface area contributed by atoms with Crippen molar-refractivity contribution >= 4 is 40.0 Å². The number of hydrogen-bond donors (Lipinski definition) is 3. The highest BCUT2D eigenvalue weighted by Crippen LogP contribution is 2.28. The summed E-state index contributed by atoms with van der Waals surface area (Å²) in [4.78, 5) is 8.61.